The Kier molecular flexibility index (Phi) is 4.76. The average Bonchev–Trinajstić information content (AvgIpc) is 2.82. The molecule has 24 heavy (non-hydrogen) atoms. The van der Waals surface area contributed by atoms with Gasteiger partial charge < -0.3 is 19.9 Å². The van der Waals surface area contributed by atoms with E-state index in [1.165, 1.54) is 6.42 Å². The Balaban J connectivity index is 1.61. The second-order valence-corrected chi connectivity index (χ2v) is 7.81. The highest BCUT2D eigenvalue weighted by Crippen LogP contribution is 2.29. The zero-order chi connectivity index (χ0) is 17.3. The molecule has 1 aromatic heterocycles. The van der Waals surface area contributed by atoms with E-state index >= 15 is 0 Å². The molecule has 0 saturated carbocycles. The Hall–Kier alpha value is -1.69. The van der Waals surface area contributed by atoms with Crippen molar-refractivity contribution in [2.24, 2.45) is 0 Å². The van der Waals surface area contributed by atoms with Crippen molar-refractivity contribution in [1.82, 2.24) is 10.3 Å². The molecule has 0 spiro atoms. The van der Waals surface area contributed by atoms with Gasteiger partial charge in [0, 0.05) is 37.9 Å². The number of nitrogens with one attached hydrogen (secondary N) is 1. The van der Waals surface area contributed by atoms with Crippen molar-refractivity contribution in [2.75, 3.05) is 36.0 Å². The predicted molar refractivity (Wildman–Crippen MR) is 96.1 cm³/mol. The summed E-state index contributed by atoms with van der Waals surface area (Å²) < 4.78 is 5.32. The molecule has 2 fully saturated rings. The minimum absolute atomic E-state index is 0.0630. The van der Waals surface area contributed by atoms with Crippen LogP contribution in [0, 0.1) is 0 Å². The first kappa shape index (κ1) is 17.1. The number of nitrogens with zero attached hydrogens (tertiary/aromatic N) is 3. The molecule has 0 aromatic carbocycles. The summed E-state index contributed by atoms with van der Waals surface area (Å²) in [6, 6.07) is 4.06. The lowest BCUT2D eigenvalue weighted by atomic mass is 10.2. The van der Waals surface area contributed by atoms with E-state index in [0.717, 1.165) is 37.6 Å². The van der Waals surface area contributed by atoms with Gasteiger partial charge in [-0.25, -0.2) is 9.78 Å². The fourth-order valence-corrected chi connectivity index (χ4v) is 3.15. The molecular formula is C17H25ClN4O2. The summed E-state index contributed by atoms with van der Waals surface area (Å²) in [5.74, 6) is 0.873. The van der Waals surface area contributed by atoms with Gasteiger partial charge in [0.05, 0.1) is 6.04 Å². The molecule has 1 amide bonds. The van der Waals surface area contributed by atoms with Crippen LogP contribution in [0.15, 0.2) is 12.1 Å². The first-order valence-electron chi connectivity index (χ1n) is 8.47. The van der Waals surface area contributed by atoms with E-state index in [9.17, 15) is 4.79 Å². The number of aromatic nitrogens is 1. The van der Waals surface area contributed by atoms with E-state index in [-0.39, 0.29) is 12.1 Å². The minimum Gasteiger partial charge on any atom is -0.444 e. The van der Waals surface area contributed by atoms with E-state index < -0.39 is 5.60 Å². The molecular weight excluding hydrogens is 328 g/mol. The number of amides is 1. The second kappa shape index (κ2) is 6.67. The summed E-state index contributed by atoms with van der Waals surface area (Å²) in [6.07, 6.45) is 1.72. The molecule has 1 aromatic rings. The van der Waals surface area contributed by atoms with E-state index in [1.54, 1.807) is 0 Å². The van der Waals surface area contributed by atoms with Gasteiger partial charge in [-0.15, -0.1) is 0 Å². The van der Waals surface area contributed by atoms with Crippen LogP contribution in [0.2, 0.25) is 5.15 Å². The number of hydrogen-bond acceptors (Lipinski definition) is 5. The zero-order valence-corrected chi connectivity index (χ0v) is 15.3. The van der Waals surface area contributed by atoms with Gasteiger partial charge >= 0.3 is 6.09 Å². The molecule has 2 aliphatic rings. The van der Waals surface area contributed by atoms with E-state index in [2.05, 4.69) is 26.2 Å². The van der Waals surface area contributed by atoms with Gasteiger partial charge in [0.15, 0.2) is 0 Å². The Labute approximate surface area is 148 Å². The maximum atomic E-state index is 11.9. The highest BCUT2D eigenvalue weighted by molar-refractivity contribution is 6.29. The van der Waals surface area contributed by atoms with E-state index in [0.29, 0.717) is 11.7 Å². The number of halogens is 1. The molecule has 2 aliphatic heterocycles. The molecule has 1 N–H and O–H groups in total. The fourth-order valence-electron chi connectivity index (χ4n) is 2.95. The predicted octanol–water partition coefficient (Wildman–Crippen LogP) is 3.05. The number of carbonyl (C=O) groups is 1. The minimum atomic E-state index is -0.483. The van der Waals surface area contributed by atoms with Crippen LogP contribution in [0.25, 0.3) is 0 Å². The Morgan fingerprint density at radius 2 is 2.04 bits per heavy atom. The third-order valence-electron chi connectivity index (χ3n) is 4.22. The van der Waals surface area contributed by atoms with Crippen LogP contribution < -0.4 is 15.1 Å². The van der Waals surface area contributed by atoms with Gasteiger partial charge in [0.2, 0.25) is 0 Å². The van der Waals surface area contributed by atoms with Gasteiger partial charge in [-0.05, 0) is 39.7 Å². The zero-order valence-electron chi connectivity index (χ0n) is 14.5. The lowest BCUT2D eigenvalue weighted by Gasteiger charge is -2.34. The van der Waals surface area contributed by atoms with Crippen molar-refractivity contribution in [3.8, 4) is 0 Å². The Morgan fingerprint density at radius 1 is 1.29 bits per heavy atom. The van der Waals surface area contributed by atoms with Crippen molar-refractivity contribution in [3.05, 3.63) is 17.3 Å². The average molecular weight is 353 g/mol. The number of rotatable bonds is 3. The smallest absolute Gasteiger partial charge is 0.407 e. The molecule has 7 heteroatoms. The molecule has 2 saturated heterocycles. The van der Waals surface area contributed by atoms with Crippen LogP contribution in [0.5, 0.6) is 0 Å². The third-order valence-corrected chi connectivity index (χ3v) is 4.41. The first-order chi connectivity index (χ1) is 11.3. The number of alkyl carbamates (subject to hydrolysis) is 1. The summed E-state index contributed by atoms with van der Waals surface area (Å²) in [4.78, 5) is 20.8. The molecule has 132 valence electrons. The van der Waals surface area contributed by atoms with Crippen LogP contribution in [-0.2, 0) is 4.74 Å². The summed E-state index contributed by atoms with van der Waals surface area (Å²) in [5, 5.41) is 3.45. The maximum Gasteiger partial charge on any atom is 0.407 e. The van der Waals surface area contributed by atoms with E-state index in [4.69, 9.17) is 16.3 Å². The van der Waals surface area contributed by atoms with Crippen molar-refractivity contribution in [3.63, 3.8) is 0 Å². The SMILES string of the molecule is CC(C)(C)OC(=O)N[C@H]1CCN(c2cc(N3CCC3)cc(Cl)n2)C1. The van der Waals surface area contributed by atoms with E-state index in [1.807, 2.05) is 26.8 Å². The Bertz CT molecular complexity index is 613. The van der Waals surface area contributed by atoms with Gasteiger partial charge in [-0.1, -0.05) is 11.6 Å². The van der Waals surface area contributed by atoms with Gasteiger partial charge in [0.1, 0.15) is 16.6 Å². The normalized spacial score (nSPS) is 20.8. The highest BCUT2D eigenvalue weighted by atomic mass is 35.5. The maximum absolute atomic E-state index is 11.9. The summed E-state index contributed by atoms with van der Waals surface area (Å²) in [5.41, 5.74) is 0.642. The van der Waals surface area contributed by atoms with Crippen LogP contribution >= 0.6 is 11.6 Å². The fraction of sp³-hybridized carbons (Fsp3) is 0.647. The lowest BCUT2D eigenvalue weighted by molar-refractivity contribution is 0.0509. The van der Waals surface area contributed by atoms with Gasteiger partial charge in [0.25, 0.3) is 0 Å². The largest absolute Gasteiger partial charge is 0.444 e. The molecule has 1 atom stereocenters. The highest BCUT2D eigenvalue weighted by Gasteiger charge is 2.27. The number of anilines is 2. The van der Waals surface area contributed by atoms with Crippen molar-refractivity contribution in [2.45, 2.75) is 45.3 Å². The summed E-state index contributed by atoms with van der Waals surface area (Å²) >= 11 is 6.19. The molecule has 0 radical (unpaired) electrons. The standard InChI is InChI=1S/C17H25ClN4O2/c1-17(2,3)24-16(23)19-12-5-8-22(11-12)15-10-13(9-14(18)20-15)21-6-4-7-21/h9-10,12H,4-8,11H2,1-3H3,(H,19,23)/t12-/m0/s1. The quantitative estimate of drug-likeness (QED) is 0.847. The number of carbonyl (C=O) groups excluding carboxylic acids is 1. The van der Waals surface area contributed by atoms with Crippen LogP contribution in [0.3, 0.4) is 0 Å². The number of pyridine rings is 1. The summed E-state index contributed by atoms with van der Waals surface area (Å²) in [7, 11) is 0. The van der Waals surface area contributed by atoms with Crippen LogP contribution in [0.4, 0.5) is 16.3 Å². The third kappa shape index (κ3) is 4.23. The molecule has 0 bridgehead atoms. The molecule has 0 unspecified atom stereocenters. The van der Waals surface area contributed by atoms with Gasteiger partial charge in [-0.2, -0.15) is 0 Å². The van der Waals surface area contributed by atoms with Crippen molar-refractivity contribution < 1.29 is 9.53 Å². The molecule has 6 nitrogen and oxygen atoms in total. The molecule has 3 heterocycles. The Morgan fingerprint density at radius 3 is 2.67 bits per heavy atom. The molecule has 0 aliphatic carbocycles. The second-order valence-electron chi connectivity index (χ2n) is 7.42. The lowest BCUT2D eigenvalue weighted by Crippen LogP contribution is -2.40. The van der Waals surface area contributed by atoms with Crippen molar-refractivity contribution >= 4 is 29.2 Å². The van der Waals surface area contributed by atoms with Crippen LogP contribution in [-0.4, -0.2) is 48.9 Å². The van der Waals surface area contributed by atoms with Crippen molar-refractivity contribution in [1.29, 1.82) is 0 Å². The summed E-state index contributed by atoms with van der Waals surface area (Å²) in [6.45, 7) is 9.28. The number of ether oxygens (including phenoxy) is 1. The van der Waals surface area contributed by atoms with Crippen LogP contribution in [0.1, 0.15) is 33.6 Å². The van der Waals surface area contributed by atoms with Gasteiger partial charge in [-0.3, -0.25) is 0 Å². The molecule has 3 rings (SSSR count). The monoisotopic (exact) mass is 352 g/mol. The number of hydrogen-bond donors (Lipinski definition) is 1. The first-order valence-corrected chi connectivity index (χ1v) is 8.85. The topological polar surface area (TPSA) is 57.7 Å².